The Labute approximate surface area is 105 Å². The summed E-state index contributed by atoms with van der Waals surface area (Å²) in [5, 5.41) is 0. The third kappa shape index (κ3) is 4.48. The van der Waals surface area contributed by atoms with Crippen molar-refractivity contribution in [1.82, 2.24) is 4.90 Å². The van der Waals surface area contributed by atoms with E-state index in [9.17, 15) is 0 Å². The van der Waals surface area contributed by atoms with Crippen molar-refractivity contribution in [3.8, 4) is 0 Å². The molecule has 0 bridgehead atoms. The highest BCUT2D eigenvalue weighted by atomic mass is 16.5. The molecule has 0 spiro atoms. The molecule has 4 nitrogen and oxygen atoms in total. The Balaban J connectivity index is 2.64. The second-order valence-electron chi connectivity index (χ2n) is 4.86. The smallest absolute Gasteiger partial charge is 0.0984 e. The van der Waals surface area contributed by atoms with Crippen LogP contribution in [0.25, 0.3) is 0 Å². The highest BCUT2D eigenvalue weighted by molar-refractivity contribution is 5.80. The van der Waals surface area contributed by atoms with Gasteiger partial charge < -0.3 is 15.4 Å². The molecule has 0 amide bonds. The molecule has 0 radical (unpaired) electrons. The lowest BCUT2D eigenvalue weighted by Gasteiger charge is -2.34. The number of nitrogens with two attached hydrogens (primary N) is 1. The summed E-state index contributed by atoms with van der Waals surface area (Å²) < 4.78 is 5.89. The van der Waals surface area contributed by atoms with E-state index in [1.807, 2.05) is 6.21 Å². The average molecular weight is 239 g/mol. The average Bonchev–Trinajstić information content (AvgIpc) is 2.28. The van der Waals surface area contributed by atoms with Gasteiger partial charge in [0.2, 0.25) is 0 Å². The molecular weight excluding hydrogens is 214 g/mol. The van der Waals surface area contributed by atoms with Gasteiger partial charge in [-0.3, -0.25) is 4.99 Å². The first-order valence-electron chi connectivity index (χ1n) is 6.35. The molecule has 1 rings (SSSR count). The number of likely N-dealkylation sites (N-methyl/N-ethyl adjacent to an activating group) is 1. The molecule has 3 atom stereocenters. The van der Waals surface area contributed by atoms with Gasteiger partial charge in [-0.2, -0.15) is 0 Å². The van der Waals surface area contributed by atoms with E-state index in [1.165, 1.54) is 0 Å². The van der Waals surface area contributed by atoms with E-state index in [-0.39, 0.29) is 12.2 Å². The zero-order valence-electron chi connectivity index (χ0n) is 11.4. The molecule has 3 unspecified atom stereocenters. The lowest BCUT2D eigenvalue weighted by molar-refractivity contribution is -0.0494. The van der Waals surface area contributed by atoms with Crippen molar-refractivity contribution in [1.29, 1.82) is 0 Å². The molecule has 1 fully saturated rings. The van der Waals surface area contributed by atoms with E-state index in [1.54, 1.807) is 6.20 Å². The third-order valence-electron chi connectivity index (χ3n) is 3.08. The largest absolute Gasteiger partial charge is 0.404 e. The van der Waals surface area contributed by atoms with Crippen LogP contribution >= 0.6 is 0 Å². The van der Waals surface area contributed by atoms with Gasteiger partial charge in [0.15, 0.2) is 0 Å². The van der Waals surface area contributed by atoms with Crippen LogP contribution in [0.4, 0.5) is 0 Å². The Morgan fingerprint density at radius 1 is 1.59 bits per heavy atom. The van der Waals surface area contributed by atoms with Gasteiger partial charge >= 0.3 is 0 Å². The molecule has 0 aromatic carbocycles. The van der Waals surface area contributed by atoms with Crippen LogP contribution in [0.3, 0.4) is 0 Å². The number of rotatable bonds is 4. The first-order chi connectivity index (χ1) is 8.06. The molecule has 0 aromatic rings. The van der Waals surface area contributed by atoms with Crippen LogP contribution in [0.2, 0.25) is 0 Å². The van der Waals surface area contributed by atoms with Crippen molar-refractivity contribution in [3.63, 3.8) is 0 Å². The Bertz CT molecular complexity index is 278. The van der Waals surface area contributed by atoms with Crippen molar-refractivity contribution < 1.29 is 4.74 Å². The van der Waals surface area contributed by atoms with Crippen molar-refractivity contribution in [2.75, 3.05) is 20.1 Å². The van der Waals surface area contributed by atoms with Crippen LogP contribution in [-0.4, -0.2) is 49.5 Å². The number of hydrogen-bond donors (Lipinski definition) is 1. The fourth-order valence-electron chi connectivity index (χ4n) is 1.90. The summed E-state index contributed by atoms with van der Waals surface area (Å²) >= 11 is 0. The molecule has 0 aliphatic carbocycles. The van der Waals surface area contributed by atoms with Crippen molar-refractivity contribution in [2.24, 2.45) is 10.7 Å². The predicted octanol–water partition coefficient (Wildman–Crippen LogP) is 1.42. The van der Waals surface area contributed by atoms with Crippen LogP contribution in [-0.2, 0) is 4.74 Å². The van der Waals surface area contributed by atoms with Crippen LogP contribution in [0.15, 0.2) is 16.8 Å². The van der Waals surface area contributed by atoms with E-state index in [4.69, 9.17) is 10.5 Å². The zero-order chi connectivity index (χ0) is 12.8. The monoisotopic (exact) mass is 239 g/mol. The SMILES string of the molecule is CCC(C)N=C/C(=C\N)C1CN(C)CC(C)O1. The number of nitrogens with zero attached hydrogens (tertiary/aromatic N) is 2. The Morgan fingerprint density at radius 2 is 2.29 bits per heavy atom. The minimum absolute atomic E-state index is 0.0431. The van der Waals surface area contributed by atoms with Crippen LogP contribution < -0.4 is 5.73 Å². The Kier molecular flexibility index (Phi) is 5.65. The predicted molar refractivity (Wildman–Crippen MR) is 72.3 cm³/mol. The fourth-order valence-corrected chi connectivity index (χ4v) is 1.90. The van der Waals surface area contributed by atoms with Crippen molar-refractivity contribution >= 4 is 6.21 Å². The van der Waals surface area contributed by atoms with Crippen molar-refractivity contribution in [3.05, 3.63) is 11.8 Å². The Morgan fingerprint density at radius 3 is 2.82 bits per heavy atom. The summed E-state index contributed by atoms with van der Waals surface area (Å²) in [5.41, 5.74) is 6.65. The van der Waals surface area contributed by atoms with E-state index in [2.05, 4.69) is 37.7 Å². The van der Waals surface area contributed by atoms with Crippen molar-refractivity contribution in [2.45, 2.75) is 45.4 Å². The topological polar surface area (TPSA) is 50.8 Å². The first-order valence-corrected chi connectivity index (χ1v) is 6.35. The number of morpholine rings is 1. The summed E-state index contributed by atoms with van der Waals surface area (Å²) in [6.07, 6.45) is 4.80. The molecule has 17 heavy (non-hydrogen) atoms. The molecule has 1 heterocycles. The number of aliphatic imine (C=N–C) groups is 1. The second kappa shape index (κ2) is 6.77. The third-order valence-corrected chi connectivity index (χ3v) is 3.08. The maximum atomic E-state index is 5.89. The summed E-state index contributed by atoms with van der Waals surface area (Å²) in [5.74, 6) is 0. The first kappa shape index (κ1) is 14.2. The molecule has 1 aliphatic heterocycles. The molecule has 4 heteroatoms. The van der Waals surface area contributed by atoms with Crippen LogP contribution in [0, 0.1) is 0 Å². The van der Waals surface area contributed by atoms with Gasteiger partial charge in [0.05, 0.1) is 12.2 Å². The Hall–Kier alpha value is -0.870. The molecule has 0 saturated carbocycles. The van der Waals surface area contributed by atoms with E-state index in [0.717, 1.165) is 25.1 Å². The fraction of sp³-hybridized carbons (Fsp3) is 0.769. The lowest BCUT2D eigenvalue weighted by Crippen LogP contribution is -2.45. The van der Waals surface area contributed by atoms with E-state index >= 15 is 0 Å². The van der Waals surface area contributed by atoms with E-state index < -0.39 is 0 Å². The van der Waals surface area contributed by atoms with Gasteiger partial charge in [-0.1, -0.05) is 6.92 Å². The van der Waals surface area contributed by atoms with Gasteiger partial charge in [0.1, 0.15) is 0 Å². The standard InChI is InChI=1S/C13H25N3O/c1-5-10(2)15-7-12(6-14)13-9-16(4)8-11(3)17-13/h6-7,10-11,13H,5,8-9,14H2,1-4H3/b12-6+,15-7?. The number of ether oxygens (including phenoxy) is 1. The van der Waals surface area contributed by atoms with Gasteiger partial charge in [0.25, 0.3) is 0 Å². The molecule has 1 aliphatic rings. The zero-order valence-corrected chi connectivity index (χ0v) is 11.4. The second-order valence-corrected chi connectivity index (χ2v) is 4.86. The highest BCUT2D eigenvalue weighted by Gasteiger charge is 2.24. The van der Waals surface area contributed by atoms with Gasteiger partial charge in [0, 0.05) is 37.1 Å². The summed E-state index contributed by atoms with van der Waals surface area (Å²) in [6.45, 7) is 8.15. The van der Waals surface area contributed by atoms with Gasteiger partial charge in [-0.25, -0.2) is 0 Å². The molecular formula is C13H25N3O. The molecule has 1 saturated heterocycles. The molecule has 2 N–H and O–H groups in total. The molecule has 0 aromatic heterocycles. The van der Waals surface area contributed by atoms with E-state index in [0.29, 0.717) is 6.04 Å². The van der Waals surface area contributed by atoms with Gasteiger partial charge in [-0.05, 0) is 27.3 Å². The van der Waals surface area contributed by atoms with Crippen LogP contribution in [0.5, 0.6) is 0 Å². The summed E-state index contributed by atoms with van der Waals surface area (Å²) in [7, 11) is 2.10. The normalized spacial score (nSPS) is 29.8. The van der Waals surface area contributed by atoms with Crippen LogP contribution in [0.1, 0.15) is 27.2 Å². The van der Waals surface area contributed by atoms with Gasteiger partial charge in [-0.15, -0.1) is 0 Å². The maximum absolute atomic E-state index is 5.89. The lowest BCUT2D eigenvalue weighted by atomic mass is 10.1. The molecule has 98 valence electrons. The highest BCUT2D eigenvalue weighted by Crippen LogP contribution is 2.15. The minimum Gasteiger partial charge on any atom is -0.404 e. The summed E-state index contributed by atoms with van der Waals surface area (Å²) in [4.78, 5) is 6.73. The maximum Gasteiger partial charge on any atom is 0.0984 e. The summed E-state index contributed by atoms with van der Waals surface area (Å²) in [6, 6.07) is 0.337. The quantitative estimate of drug-likeness (QED) is 0.755. The minimum atomic E-state index is 0.0431. The number of hydrogen-bond acceptors (Lipinski definition) is 4.